The van der Waals surface area contributed by atoms with Crippen LogP contribution in [0.5, 0.6) is 0 Å². The minimum Gasteiger partial charge on any atom is -0.366 e. The maximum Gasteiger partial charge on any atom is 0.293 e. The number of amides is 1. The maximum absolute atomic E-state index is 13.1. The number of nitro benzene ring substituents is 1. The summed E-state index contributed by atoms with van der Waals surface area (Å²) < 4.78 is 13.1. The number of carbonyl (C=O) groups excluding carboxylic acids is 1. The third kappa shape index (κ3) is 5.02. The molecule has 4 rings (SSSR count). The average molecular weight is 426 g/mol. The number of anilines is 1. The van der Waals surface area contributed by atoms with Crippen molar-refractivity contribution < 1.29 is 14.1 Å². The predicted molar refractivity (Wildman–Crippen MR) is 117 cm³/mol. The molecule has 2 fully saturated rings. The molecule has 2 aliphatic heterocycles. The number of hydrogen-bond acceptors (Lipinski definition) is 5. The van der Waals surface area contributed by atoms with Crippen LogP contribution < -0.4 is 4.90 Å². The average Bonchev–Trinajstić information content (AvgIpc) is 3.21. The van der Waals surface area contributed by atoms with Crippen LogP contribution in [0.2, 0.25) is 0 Å². The molecule has 1 amide bonds. The van der Waals surface area contributed by atoms with Gasteiger partial charge in [0.15, 0.2) is 0 Å². The summed E-state index contributed by atoms with van der Waals surface area (Å²) in [4.78, 5) is 30.4. The van der Waals surface area contributed by atoms with Gasteiger partial charge in [-0.05, 0) is 49.1 Å². The predicted octanol–water partition coefficient (Wildman–Crippen LogP) is 3.68. The molecule has 8 heteroatoms. The van der Waals surface area contributed by atoms with E-state index >= 15 is 0 Å². The zero-order valence-electron chi connectivity index (χ0n) is 17.5. The summed E-state index contributed by atoms with van der Waals surface area (Å²) in [5.41, 5.74) is 2.00. The largest absolute Gasteiger partial charge is 0.366 e. The second-order valence-corrected chi connectivity index (χ2v) is 8.20. The zero-order valence-corrected chi connectivity index (χ0v) is 17.5. The van der Waals surface area contributed by atoms with Crippen LogP contribution >= 0.6 is 0 Å². The molecule has 0 saturated carbocycles. The van der Waals surface area contributed by atoms with E-state index < -0.39 is 4.92 Å². The third-order valence-electron chi connectivity index (χ3n) is 6.06. The molecule has 2 heterocycles. The monoisotopic (exact) mass is 426 g/mol. The number of nitrogens with zero attached hydrogens (tertiary/aromatic N) is 4. The van der Waals surface area contributed by atoms with Crippen LogP contribution in [-0.2, 0) is 6.54 Å². The van der Waals surface area contributed by atoms with Gasteiger partial charge in [-0.3, -0.25) is 19.8 Å². The Morgan fingerprint density at radius 2 is 1.68 bits per heavy atom. The van der Waals surface area contributed by atoms with E-state index in [4.69, 9.17) is 0 Å². The standard InChI is InChI=1S/C23H27FN4O3/c24-20-7-4-18(5-8-20)17-25-10-3-13-27(15-14-25)23(29)19-6-9-21(22(16-19)28(30)31)26-11-1-2-12-26/h4-9,16H,1-3,10-15,17H2. The van der Waals surface area contributed by atoms with Gasteiger partial charge in [-0.1, -0.05) is 12.1 Å². The molecule has 0 N–H and O–H groups in total. The Bertz CT molecular complexity index is 944. The van der Waals surface area contributed by atoms with Gasteiger partial charge >= 0.3 is 0 Å². The molecule has 2 aromatic carbocycles. The first kappa shape index (κ1) is 21.2. The van der Waals surface area contributed by atoms with Crippen LogP contribution in [0.1, 0.15) is 35.2 Å². The molecule has 2 aromatic rings. The van der Waals surface area contributed by atoms with Crippen molar-refractivity contribution in [3.8, 4) is 0 Å². The Morgan fingerprint density at radius 3 is 2.39 bits per heavy atom. The van der Waals surface area contributed by atoms with Crippen molar-refractivity contribution in [1.29, 1.82) is 0 Å². The highest BCUT2D eigenvalue weighted by Gasteiger charge is 2.26. The van der Waals surface area contributed by atoms with Crippen LogP contribution in [0.3, 0.4) is 0 Å². The highest BCUT2D eigenvalue weighted by atomic mass is 19.1. The van der Waals surface area contributed by atoms with Gasteiger partial charge in [-0.15, -0.1) is 0 Å². The number of benzene rings is 2. The lowest BCUT2D eigenvalue weighted by Gasteiger charge is -2.23. The Morgan fingerprint density at radius 1 is 0.935 bits per heavy atom. The first-order chi connectivity index (χ1) is 15.0. The van der Waals surface area contributed by atoms with Crippen molar-refractivity contribution in [2.45, 2.75) is 25.8 Å². The van der Waals surface area contributed by atoms with Gasteiger partial charge in [0.1, 0.15) is 11.5 Å². The van der Waals surface area contributed by atoms with Crippen LogP contribution in [0.4, 0.5) is 15.8 Å². The molecule has 0 aliphatic carbocycles. The van der Waals surface area contributed by atoms with Crippen LogP contribution in [0.15, 0.2) is 42.5 Å². The van der Waals surface area contributed by atoms with Gasteiger partial charge in [0.05, 0.1) is 4.92 Å². The maximum atomic E-state index is 13.1. The van der Waals surface area contributed by atoms with E-state index in [-0.39, 0.29) is 17.4 Å². The van der Waals surface area contributed by atoms with E-state index in [0.717, 1.165) is 44.5 Å². The minimum absolute atomic E-state index is 0.000471. The summed E-state index contributed by atoms with van der Waals surface area (Å²) in [5, 5.41) is 11.6. The molecule has 0 radical (unpaired) electrons. The smallest absolute Gasteiger partial charge is 0.293 e. The molecule has 7 nitrogen and oxygen atoms in total. The number of rotatable bonds is 5. The lowest BCUT2D eigenvalue weighted by atomic mass is 10.1. The molecule has 0 bridgehead atoms. The van der Waals surface area contributed by atoms with Crippen molar-refractivity contribution in [2.75, 3.05) is 44.2 Å². The van der Waals surface area contributed by atoms with E-state index in [1.54, 1.807) is 29.2 Å². The van der Waals surface area contributed by atoms with Crippen LogP contribution in [-0.4, -0.2) is 59.9 Å². The van der Waals surface area contributed by atoms with Crippen molar-refractivity contribution in [3.63, 3.8) is 0 Å². The highest BCUT2D eigenvalue weighted by molar-refractivity contribution is 5.95. The van der Waals surface area contributed by atoms with Gasteiger partial charge in [-0.25, -0.2) is 4.39 Å². The first-order valence-corrected chi connectivity index (χ1v) is 10.8. The molecule has 164 valence electrons. The highest BCUT2D eigenvalue weighted by Crippen LogP contribution is 2.32. The Kier molecular flexibility index (Phi) is 6.46. The third-order valence-corrected chi connectivity index (χ3v) is 6.06. The quantitative estimate of drug-likeness (QED) is 0.539. The fourth-order valence-corrected chi connectivity index (χ4v) is 4.39. The van der Waals surface area contributed by atoms with Gasteiger partial charge in [0, 0.05) is 57.4 Å². The summed E-state index contributed by atoms with van der Waals surface area (Å²) in [5.74, 6) is -0.416. The number of carbonyl (C=O) groups is 1. The molecule has 0 unspecified atom stereocenters. The fourth-order valence-electron chi connectivity index (χ4n) is 4.39. The van der Waals surface area contributed by atoms with E-state index in [1.165, 1.54) is 18.2 Å². The summed E-state index contributed by atoms with van der Waals surface area (Å²) in [6, 6.07) is 11.3. The van der Waals surface area contributed by atoms with Crippen LogP contribution in [0, 0.1) is 15.9 Å². The zero-order chi connectivity index (χ0) is 21.8. The normalized spacial score (nSPS) is 17.6. The van der Waals surface area contributed by atoms with Crippen molar-refractivity contribution >= 4 is 17.3 Å². The second kappa shape index (κ2) is 9.43. The van der Waals surface area contributed by atoms with Gasteiger partial charge in [0.2, 0.25) is 0 Å². The van der Waals surface area contributed by atoms with Gasteiger partial charge in [0.25, 0.3) is 11.6 Å². The van der Waals surface area contributed by atoms with E-state index in [9.17, 15) is 19.3 Å². The van der Waals surface area contributed by atoms with Crippen molar-refractivity contribution in [1.82, 2.24) is 9.80 Å². The minimum atomic E-state index is -0.392. The summed E-state index contributed by atoms with van der Waals surface area (Å²) in [6.45, 7) is 5.04. The molecular weight excluding hydrogens is 399 g/mol. The van der Waals surface area contributed by atoms with Gasteiger partial charge in [-0.2, -0.15) is 0 Å². The van der Waals surface area contributed by atoms with Crippen LogP contribution in [0.25, 0.3) is 0 Å². The Labute approximate surface area is 181 Å². The molecule has 0 spiro atoms. The van der Waals surface area contributed by atoms with Crippen molar-refractivity contribution in [2.24, 2.45) is 0 Å². The molecule has 0 aromatic heterocycles. The molecular formula is C23H27FN4O3. The Balaban J connectivity index is 1.43. The number of hydrogen-bond donors (Lipinski definition) is 0. The molecule has 2 saturated heterocycles. The SMILES string of the molecule is O=C(c1ccc(N2CCCC2)c([N+](=O)[O-])c1)N1CCCN(Cc2ccc(F)cc2)CC1. The molecule has 0 atom stereocenters. The number of halogens is 1. The van der Waals surface area contributed by atoms with Crippen molar-refractivity contribution in [3.05, 3.63) is 69.5 Å². The molecule has 2 aliphatic rings. The van der Waals surface area contributed by atoms with E-state index in [1.807, 2.05) is 4.90 Å². The lowest BCUT2D eigenvalue weighted by molar-refractivity contribution is -0.384. The fraction of sp³-hybridized carbons (Fsp3) is 0.435. The topological polar surface area (TPSA) is 69.9 Å². The number of nitro groups is 1. The molecule has 31 heavy (non-hydrogen) atoms. The first-order valence-electron chi connectivity index (χ1n) is 10.8. The lowest BCUT2D eigenvalue weighted by Crippen LogP contribution is -2.35. The second-order valence-electron chi connectivity index (χ2n) is 8.20. The van der Waals surface area contributed by atoms with E-state index in [0.29, 0.717) is 37.4 Å². The summed E-state index contributed by atoms with van der Waals surface area (Å²) in [7, 11) is 0. The van der Waals surface area contributed by atoms with Gasteiger partial charge < -0.3 is 9.80 Å². The van der Waals surface area contributed by atoms with E-state index in [2.05, 4.69) is 4.90 Å². The Hall–Kier alpha value is -3.00. The summed E-state index contributed by atoms with van der Waals surface area (Å²) >= 11 is 0. The summed E-state index contributed by atoms with van der Waals surface area (Å²) in [6.07, 6.45) is 2.88.